The van der Waals surface area contributed by atoms with Crippen molar-refractivity contribution in [3.8, 4) is 0 Å². The molecule has 2 atom stereocenters. The van der Waals surface area contributed by atoms with Crippen LogP contribution in [0.2, 0.25) is 0 Å². The first-order chi connectivity index (χ1) is 7.49. The summed E-state index contributed by atoms with van der Waals surface area (Å²) in [7, 11) is 0. The van der Waals surface area contributed by atoms with Crippen molar-refractivity contribution in [2.24, 2.45) is 11.8 Å². The number of aromatic amines is 1. The third-order valence-corrected chi connectivity index (χ3v) is 3.91. The fraction of sp³-hybridized carbons (Fsp3) is 0.643. The molecular formula is C14H21NO. The van der Waals surface area contributed by atoms with E-state index < -0.39 is 0 Å². The van der Waals surface area contributed by atoms with Gasteiger partial charge in [0.05, 0.1) is 0 Å². The van der Waals surface area contributed by atoms with E-state index in [0.717, 1.165) is 24.3 Å². The van der Waals surface area contributed by atoms with Crippen molar-refractivity contribution in [1.29, 1.82) is 0 Å². The Morgan fingerprint density at radius 2 is 1.88 bits per heavy atom. The molecule has 88 valence electrons. The summed E-state index contributed by atoms with van der Waals surface area (Å²) in [6.45, 7) is 8.72. The highest BCUT2D eigenvalue weighted by atomic mass is 16.1. The van der Waals surface area contributed by atoms with Gasteiger partial charge in [0.15, 0.2) is 0 Å². The molecule has 0 saturated carbocycles. The van der Waals surface area contributed by atoms with Crippen LogP contribution >= 0.6 is 0 Å². The van der Waals surface area contributed by atoms with Crippen molar-refractivity contribution in [3.05, 3.63) is 33.2 Å². The molecule has 1 N–H and O–H groups in total. The van der Waals surface area contributed by atoms with Gasteiger partial charge in [0, 0.05) is 11.3 Å². The van der Waals surface area contributed by atoms with E-state index in [1.165, 1.54) is 11.3 Å². The Balaban J connectivity index is 2.47. The van der Waals surface area contributed by atoms with E-state index in [0.29, 0.717) is 11.8 Å². The fourth-order valence-electron chi connectivity index (χ4n) is 2.49. The smallest absolute Gasteiger partial charge is 0.251 e. The van der Waals surface area contributed by atoms with Crippen molar-refractivity contribution in [2.45, 2.75) is 46.5 Å². The second kappa shape index (κ2) is 4.08. The molecule has 1 aromatic rings. The number of hydrogen-bond acceptors (Lipinski definition) is 1. The van der Waals surface area contributed by atoms with E-state index in [9.17, 15) is 4.79 Å². The standard InChI is InChI=1S/C14H21NO/c1-8(2)12-7-11-5-9(3)10(4)6-13(11)15-14(12)16/h7-10H,5-6H2,1-4H3,(H,15,16). The van der Waals surface area contributed by atoms with Crippen LogP contribution in [-0.2, 0) is 12.8 Å². The van der Waals surface area contributed by atoms with E-state index >= 15 is 0 Å². The lowest BCUT2D eigenvalue weighted by Gasteiger charge is -2.28. The van der Waals surface area contributed by atoms with E-state index in [1.807, 2.05) is 0 Å². The summed E-state index contributed by atoms with van der Waals surface area (Å²) in [5.74, 6) is 1.70. The average Bonchev–Trinajstić information content (AvgIpc) is 2.19. The zero-order chi connectivity index (χ0) is 11.9. The van der Waals surface area contributed by atoms with Crippen LogP contribution in [0.4, 0.5) is 0 Å². The molecule has 1 aliphatic rings. The molecule has 0 radical (unpaired) electrons. The molecular weight excluding hydrogens is 198 g/mol. The normalized spacial score (nSPS) is 24.6. The number of aromatic nitrogens is 1. The predicted molar refractivity (Wildman–Crippen MR) is 66.9 cm³/mol. The minimum absolute atomic E-state index is 0.107. The highest BCUT2D eigenvalue weighted by Gasteiger charge is 2.23. The van der Waals surface area contributed by atoms with Gasteiger partial charge in [-0.1, -0.05) is 27.7 Å². The number of nitrogens with one attached hydrogen (secondary N) is 1. The van der Waals surface area contributed by atoms with Crippen molar-refractivity contribution in [1.82, 2.24) is 4.98 Å². The summed E-state index contributed by atoms with van der Waals surface area (Å²) >= 11 is 0. The monoisotopic (exact) mass is 219 g/mol. The molecule has 1 aliphatic carbocycles. The third kappa shape index (κ3) is 1.93. The summed E-state index contributed by atoms with van der Waals surface area (Å²) in [5.41, 5.74) is 3.56. The second-order valence-corrected chi connectivity index (χ2v) is 5.58. The van der Waals surface area contributed by atoms with Crippen molar-refractivity contribution >= 4 is 0 Å². The first-order valence-electron chi connectivity index (χ1n) is 6.24. The van der Waals surface area contributed by atoms with Crippen LogP contribution in [0.3, 0.4) is 0 Å². The number of fused-ring (bicyclic) bond motifs is 1. The van der Waals surface area contributed by atoms with Crippen molar-refractivity contribution < 1.29 is 0 Å². The zero-order valence-electron chi connectivity index (χ0n) is 10.6. The van der Waals surface area contributed by atoms with Gasteiger partial charge in [-0.15, -0.1) is 0 Å². The van der Waals surface area contributed by atoms with Crippen molar-refractivity contribution in [3.63, 3.8) is 0 Å². The fourth-order valence-corrected chi connectivity index (χ4v) is 2.49. The van der Waals surface area contributed by atoms with Crippen LogP contribution in [0.15, 0.2) is 10.9 Å². The maximum absolute atomic E-state index is 11.9. The molecule has 0 aliphatic heterocycles. The van der Waals surface area contributed by atoms with Crippen LogP contribution < -0.4 is 5.56 Å². The number of hydrogen-bond donors (Lipinski definition) is 1. The van der Waals surface area contributed by atoms with E-state index in [2.05, 4.69) is 38.7 Å². The first kappa shape index (κ1) is 11.4. The molecule has 0 amide bonds. The Labute approximate surface area is 97.1 Å². The summed E-state index contributed by atoms with van der Waals surface area (Å²) in [6, 6.07) is 2.13. The summed E-state index contributed by atoms with van der Waals surface area (Å²) in [5, 5.41) is 0. The Kier molecular flexibility index (Phi) is 2.92. The third-order valence-electron chi connectivity index (χ3n) is 3.91. The lowest BCUT2D eigenvalue weighted by atomic mass is 9.79. The van der Waals surface area contributed by atoms with E-state index in [-0.39, 0.29) is 5.56 Å². The average molecular weight is 219 g/mol. The molecule has 16 heavy (non-hydrogen) atoms. The van der Waals surface area contributed by atoms with Gasteiger partial charge in [0.25, 0.3) is 5.56 Å². The van der Waals surface area contributed by atoms with Crippen LogP contribution in [0, 0.1) is 11.8 Å². The minimum Gasteiger partial charge on any atom is -0.326 e. The Morgan fingerprint density at radius 3 is 2.50 bits per heavy atom. The van der Waals surface area contributed by atoms with Crippen LogP contribution in [0.5, 0.6) is 0 Å². The van der Waals surface area contributed by atoms with Gasteiger partial charge >= 0.3 is 0 Å². The van der Waals surface area contributed by atoms with Gasteiger partial charge in [0.2, 0.25) is 0 Å². The van der Waals surface area contributed by atoms with E-state index in [4.69, 9.17) is 0 Å². The van der Waals surface area contributed by atoms with Crippen LogP contribution in [0.1, 0.15) is 50.4 Å². The highest BCUT2D eigenvalue weighted by molar-refractivity contribution is 5.29. The molecule has 0 bridgehead atoms. The van der Waals surface area contributed by atoms with Gasteiger partial charge in [-0.2, -0.15) is 0 Å². The molecule has 0 saturated heterocycles. The Hall–Kier alpha value is -1.05. The van der Waals surface area contributed by atoms with Gasteiger partial charge in [-0.25, -0.2) is 0 Å². The van der Waals surface area contributed by atoms with Gasteiger partial charge in [0.1, 0.15) is 0 Å². The molecule has 1 heterocycles. The Morgan fingerprint density at radius 1 is 1.25 bits per heavy atom. The summed E-state index contributed by atoms with van der Waals surface area (Å²) in [4.78, 5) is 14.9. The van der Waals surface area contributed by atoms with Crippen molar-refractivity contribution in [2.75, 3.05) is 0 Å². The van der Waals surface area contributed by atoms with Crippen LogP contribution in [-0.4, -0.2) is 4.98 Å². The molecule has 0 fully saturated rings. The predicted octanol–water partition coefficient (Wildman–Crippen LogP) is 2.87. The second-order valence-electron chi connectivity index (χ2n) is 5.58. The number of rotatable bonds is 1. The quantitative estimate of drug-likeness (QED) is 0.774. The largest absolute Gasteiger partial charge is 0.326 e. The molecule has 2 nitrogen and oxygen atoms in total. The van der Waals surface area contributed by atoms with Gasteiger partial charge < -0.3 is 4.98 Å². The van der Waals surface area contributed by atoms with Crippen LogP contribution in [0.25, 0.3) is 0 Å². The topological polar surface area (TPSA) is 32.9 Å². The maximum Gasteiger partial charge on any atom is 0.251 e. The molecule has 0 spiro atoms. The summed E-state index contributed by atoms with van der Waals surface area (Å²) < 4.78 is 0. The van der Waals surface area contributed by atoms with Gasteiger partial charge in [-0.3, -0.25) is 4.79 Å². The Bertz CT molecular complexity index is 445. The molecule has 0 aromatic carbocycles. The summed E-state index contributed by atoms with van der Waals surface area (Å²) in [6.07, 6.45) is 2.12. The molecule has 1 aromatic heterocycles. The molecule has 2 unspecified atom stereocenters. The molecule has 2 heteroatoms. The SMILES string of the molecule is CC(C)c1cc2c([nH]c1=O)CC(C)C(C)C2. The zero-order valence-corrected chi connectivity index (χ0v) is 10.6. The minimum atomic E-state index is 0.107. The lowest BCUT2D eigenvalue weighted by Crippen LogP contribution is -2.26. The maximum atomic E-state index is 11.9. The van der Waals surface area contributed by atoms with Gasteiger partial charge in [-0.05, 0) is 42.2 Å². The first-order valence-corrected chi connectivity index (χ1v) is 6.24. The van der Waals surface area contributed by atoms with E-state index in [1.54, 1.807) is 0 Å². The lowest BCUT2D eigenvalue weighted by molar-refractivity contribution is 0.355. The number of pyridine rings is 1. The highest BCUT2D eigenvalue weighted by Crippen LogP contribution is 2.29. The number of H-pyrrole nitrogens is 1. The molecule has 2 rings (SSSR count).